The molecule has 0 aliphatic heterocycles. The molecule has 0 aliphatic carbocycles. The van der Waals surface area contributed by atoms with Gasteiger partial charge in [-0.25, -0.2) is 4.39 Å². The van der Waals surface area contributed by atoms with Gasteiger partial charge in [0.15, 0.2) is 6.10 Å². The molecule has 2 aromatic carbocycles. The number of anilines is 1. The number of carbonyl (C=O) groups is 1. The van der Waals surface area contributed by atoms with Gasteiger partial charge < -0.3 is 10.1 Å². The fourth-order valence-electron chi connectivity index (χ4n) is 2.46. The highest BCUT2D eigenvalue weighted by Gasteiger charge is 2.16. The molecule has 0 saturated heterocycles. The SMILES string of the molecule is CCn1c(=O)sc2cc(NC(=O)C(C)Oc3ccc(F)cc3)ccc21. The summed E-state index contributed by atoms with van der Waals surface area (Å²) in [5.74, 6) is -0.278. The lowest BCUT2D eigenvalue weighted by Crippen LogP contribution is -2.30. The van der Waals surface area contributed by atoms with Crippen LogP contribution >= 0.6 is 11.3 Å². The molecule has 3 aromatic rings. The number of thiazole rings is 1. The van der Waals surface area contributed by atoms with Crippen LogP contribution in [0.5, 0.6) is 5.75 Å². The lowest BCUT2D eigenvalue weighted by atomic mass is 10.2. The maximum Gasteiger partial charge on any atom is 0.308 e. The van der Waals surface area contributed by atoms with Crippen molar-refractivity contribution >= 4 is 33.1 Å². The Kier molecular flexibility index (Phi) is 4.85. The Morgan fingerprint density at radius 3 is 2.68 bits per heavy atom. The highest BCUT2D eigenvalue weighted by Crippen LogP contribution is 2.22. The minimum absolute atomic E-state index is 0.0195. The second-order valence-electron chi connectivity index (χ2n) is 5.50. The minimum Gasteiger partial charge on any atom is -0.481 e. The monoisotopic (exact) mass is 360 g/mol. The van der Waals surface area contributed by atoms with Crippen LogP contribution in [0.25, 0.3) is 10.2 Å². The molecule has 1 N–H and O–H groups in total. The Labute approximate surface area is 147 Å². The number of rotatable bonds is 5. The zero-order valence-electron chi connectivity index (χ0n) is 13.8. The molecule has 1 aromatic heterocycles. The van der Waals surface area contributed by atoms with Crippen molar-refractivity contribution in [2.24, 2.45) is 0 Å². The van der Waals surface area contributed by atoms with Crippen molar-refractivity contribution in [3.8, 4) is 5.75 Å². The average Bonchev–Trinajstić information content (AvgIpc) is 2.91. The summed E-state index contributed by atoms with van der Waals surface area (Å²) in [5, 5.41) is 2.77. The molecule has 0 aliphatic rings. The van der Waals surface area contributed by atoms with Crippen LogP contribution in [-0.4, -0.2) is 16.6 Å². The summed E-state index contributed by atoms with van der Waals surface area (Å²) in [4.78, 5) is 24.1. The number of hydrogen-bond acceptors (Lipinski definition) is 4. The van der Waals surface area contributed by atoms with Gasteiger partial charge in [-0.2, -0.15) is 0 Å². The summed E-state index contributed by atoms with van der Waals surface area (Å²) < 4.78 is 20.9. The van der Waals surface area contributed by atoms with Crippen molar-refractivity contribution in [3.63, 3.8) is 0 Å². The van der Waals surface area contributed by atoms with E-state index in [0.29, 0.717) is 18.0 Å². The van der Waals surface area contributed by atoms with E-state index >= 15 is 0 Å². The molecular weight excluding hydrogens is 343 g/mol. The lowest BCUT2D eigenvalue weighted by molar-refractivity contribution is -0.122. The molecule has 0 radical (unpaired) electrons. The Balaban J connectivity index is 1.72. The Hall–Kier alpha value is -2.67. The fraction of sp³-hybridized carbons (Fsp3) is 0.222. The van der Waals surface area contributed by atoms with Crippen molar-refractivity contribution in [1.82, 2.24) is 4.57 Å². The van der Waals surface area contributed by atoms with Gasteiger partial charge in [-0.3, -0.25) is 14.2 Å². The summed E-state index contributed by atoms with van der Waals surface area (Å²) in [6.45, 7) is 4.13. The average molecular weight is 360 g/mol. The maximum absolute atomic E-state index is 12.9. The van der Waals surface area contributed by atoms with E-state index in [1.807, 2.05) is 13.0 Å². The number of aromatic nitrogens is 1. The van der Waals surface area contributed by atoms with Crippen molar-refractivity contribution in [1.29, 1.82) is 0 Å². The van der Waals surface area contributed by atoms with E-state index < -0.39 is 6.10 Å². The molecule has 7 heteroatoms. The smallest absolute Gasteiger partial charge is 0.308 e. The molecule has 25 heavy (non-hydrogen) atoms. The zero-order valence-corrected chi connectivity index (χ0v) is 14.6. The Bertz CT molecular complexity index is 963. The molecule has 0 saturated carbocycles. The zero-order chi connectivity index (χ0) is 18.0. The number of nitrogens with one attached hydrogen (secondary N) is 1. The second-order valence-corrected chi connectivity index (χ2v) is 6.49. The van der Waals surface area contributed by atoms with Gasteiger partial charge in [-0.15, -0.1) is 0 Å². The van der Waals surface area contributed by atoms with Crippen molar-refractivity contribution in [2.75, 3.05) is 5.32 Å². The first-order chi connectivity index (χ1) is 12.0. The van der Waals surface area contributed by atoms with Crippen molar-refractivity contribution in [2.45, 2.75) is 26.5 Å². The third kappa shape index (κ3) is 3.71. The van der Waals surface area contributed by atoms with Gasteiger partial charge in [-0.1, -0.05) is 11.3 Å². The van der Waals surface area contributed by atoms with E-state index in [0.717, 1.165) is 21.6 Å². The van der Waals surface area contributed by atoms with Gasteiger partial charge in [-0.05, 0) is 56.3 Å². The Morgan fingerprint density at radius 2 is 2.00 bits per heavy atom. The van der Waals surface area contributed by atoms with Crippen LogP contribution in [0.1, 0.15) is 13.8 Å². The Morgan fingerprint density at radius 1 is 1.28 bits per heavy atom. The first-order valence-electron chi connectivity index (χ1n) is 7.84. The third-order valence-electron chi connectivity index (χ3n) is 3.75. The molecule has 0 bridgehead atoms. The fourth-order valence-corrected chi connectivity index (χ4v) is 3.45. The molecule has 3 rings (SSSR count). The normalized spacial score (nSPS) is 12.1. The summed E-state index contributed by atoms with van der Waals surface area (Å²) in [7, 11) is 0. The summed E-state index contributed by atoms with van der Waals surface area (Å²) in [5.41, 5.74) is 1.45. The van der Waals surface area contributed by atoms with Crippen LogP contribution in [-0.2, 0) is 11.3 Å². The van der Waals surface area contributed by atoms with Crippen LogP contribution in [0, 0.1) is 5.82 Å². The van der Waals surface area contributed by atoms with E-state index in [2.05, 4.69) is 5.32 Å². The molecule has 1 unspecified atom stereocenters. The molecule has 130 valence electrons. The molecular formula is C18H17FN2O3S. The number of hydrogen-bond donors (Lipinski definition) is 1. The predicted molar refractivity (Wildman–Crippen MR) is 96.9 cm³/mol. The van der Waals surface area contributed by atoms with Crippen LogP contribution in [0.15, 0.2) is 47.3 Å². The van der Waals surface area contributed by atoms with E-state index in [-0.39, 0.29) is 16.6 Å². The van der Waals surface area contributed by atoms with Crippen LogP contribution < -0.4 is 14.9 Å². The maximum atomic E-state index is 12.9. The van der Waals surface area contributed by atoms with Gasteiger partial charge in [0.1, 0.15) is 11.6 Å². The second kappa shape index (κ2) is 7.06. The van der Waals surface area contributed by atoms with Crippen LogP contribution in [0.2, 0.25) is 0 Å². The molecule has 0 spiro atoms. The van der Waals surface area contributed by atoms with E-state index in [1.54, 1.807) is 23.6 Å². The van der Waals surface area contributed by atoms with Gasteiger partial charge in [0, 0.05) is 12.2 Å². The predicted octanol–water partition coefficient (Wildman–Crippen LogP) is 3.63. The van der Waals surface area contributed by atoms with Gasteiger partial charge >= 0.3 is 4.87 Å². The summed E-state index contributed by atoms with van der Waals surface area (Å²) in [6, 6.07) is 10.8. The number of nitrogens with zero attached hydrogens (tertiary/aromatic N) is 1. The van der Waals surface area contributed by atoms with Gasteiger partial charge in [0.05, 0.1) is 10.2 Å². The number of aryl methyl sites for hydroxylation is 1. The standard InChI is InChI=1S/C18H17FN2O3S/c1-3-21-15-9-6-13(10-16(15)25-18(21)23)20-17(22)11(2)24-14-7-4-12(19)5-8-14/h4-11H,3H2,1-2H3,(H,20,22). The van der Waals surface area contributed by atoms with Crippen molar-refractivity contribution in [3.05, 3.63) is 57.9 Å². The van der Waals surface area contributed by atoms with Crippen LogP contribution in [0.4, 0.5) is 10.1 Å². The highest BCUT2D eigenvalue weighted by molar-refractivity contribution is 7.16. The molecule has 1 amide bonds. The summed E-state index contributed by atoms with van der Waals surface area (Å²) >= 11 is 1.15. The number of amides is 1. The minimum atomic E-state index is -0.750. The summed E-state index contributed by atoms with van der Waals surface area (Å²) in [6.07, 6.45) is -0.750. The highest BCUT2D eigenvalue weighted by atomic mass is 32.1. The van der Waals surface area contributed by atoms with Crippen molar-refractivity contribution < 1.29 is 13.9 Å². The third-order valence-corrected chi connectivity index (χ3v) is 4.69. The molecule has 1 heterocycles. The van der Waals surface area contributed by atoms with E-state index in [4.69, 9.17) is 4.74 Å². The largest absolute Gasteiger partial charge is 0.481 e. The lowest BCUT2D eigenvalue weighted by Gasteiger charge is -2.14. The van der Waals surface area contributed by atoms with E-state index in [9.17, 15) is 14.0 Å². The quantitative estimate of drug-likeness (QED) is 0.756. The van der Waals surface area contributed by atoms with Crippen LogP contribution in [0.3, 0.4) is 0 Å². The molecule has 5 nitrogen and oxygen atoms in total. The number of halogens is 1. The molecule has 0 fully saturated rings. The first-order valence-corrected chi connectivity index (χ1v) is 8.66. The topological polar surface area (TPSA) is 60.3 Å². The molecule has 1 atom stereocenters. The number of ether oxygens (including phenoxy) is 1. The number of benzene rings is 2. The first kappa shape index (κ1) is 17.2. The van der Waals surface area contributed by atoms with Gasteiger partial charge in [0.2, 0.25) is 0 Å². The number of carbonyl (C=O) groups excluding carboxylic acids is 1. The number of fused-ring (bicyclic) bond motifs is 1. The van der Waals surface area contributed by atoms with Gasteiger partial charge in [0.25, 0.3) is 5.91 Å². The van der Waals surface area contributed by atoms with E-state index in [1.165, 1.54) is 24.3 Å².